The molecule has 0 spiro atoms. The maximum absolute atomic E-state index is 15.3. The van der Waals surface area contributed by atoms with Crippen molar-refractivity contribution in [1.29, 1.82) is 0 Å². The molecule has 0 radical (unpaired) electrons. The van der Waals surface area contributed by atoms with Gasteiger partial charge in [0.2, 0.25) is 16.9 Å². The van der Waals surface area contributed by atoms with Gasteiger partial charge in [-0.2, -0.15) is 8.78 Å². The number of nitrogens with zero attached hydrogens (tertiary/aromatic N) is 4. The summed E-state index contributed by atoms with van der Waals surface area (Å²) in [5.74, 6) is -3.00. The van der Waals surface area contributed by atoms with Crippen LogP contribution in [0.15, 0.2) is 48.7 Å². The summed E-state index contributed by atoms with van der Waals surface area (Å²) in [6.07, 6.45) is 1.47. The average molecular weight is 463 g/mol. The molecule has 2 aromatic carbocycles. The number of aryl methyl sites for hydroxylation is 1. The molecule has 6 nitrogen and oxygen atoms in total. The lowest BCUT2D eigenvalue weighted by molar-refractivity contribution is -0.432. The molecule has 0 fully saturated rings. The van der Waals surface area contributed by atoms with Gasteiger partial charge in [-0.15, -0.1) is 16.8 Å². The van der Waals surface area contributed by atoms with E-state index >= 15 is 4.39 Å². The largest absolute Gasteiger partial charge is 0.362 e. The molecule has 0 unspecified atom stereocenters. The van der Waals surface area contributed by atoms with Crippen LogP contribution in [-0.4, -0.2) is 19.8 Å². The second kappa shape index (κ2) is 8.40. The molecule has 156 valence electrons. The highest BCUT2D eigenvalue weighted by Gasteiger charge is 2.28. The van der Waals surface area contributed by atoms with Crippen LogP contribution in [0, 0.1) is 29.3 Å². The summed E-state index contributed by atoms with van der Waals surface area (Å²) in [6, 6.07) is 8.81. The fourth-order valence-electron chi connectivity index (χ4n) is 2.89. The van der Waals surface area contributed by atoms with Gasteiger partial charge in [0, 0.05) is 11.8 Å². The van der Waals surface area contributed by atoms with Crippen molar-refractivity contribution in [2.24, 2.45) is 0 Å². The molecular weight excluding hydrogens is 451 g/mol. The first-order chi connectivity index (χ1) is 14.8. The van der Waals surface area contributed by atoms with E-state index in [9.17, 15) is 13.7 Å². The number of nitrogens with one attached hydrogen (secondary N) is 1. The normalized spacial score (nSPS) is 10.9. The van der Waals surface area contributed by atoms with E-state index < -0.39 is 23.1 Å². The Bertz CT molecular complexity index is 1290. The van der Waals surface area contributed by atoms with E-state index in [-0.39, 0.29) is 27.1 Å². The van der Waals surface area contributed by atoms with Gasteiger partial charge in [0.1, 0.15) is 5.69 Å². The molecule has 0 saturated heterocycles. The Morgan fingerprint density at radius 2 is 1.74 bits per heavy atom. The van der Waals surface area contributed by atoms with Gasteiger partial charge in [-0.3, -0.25) is 0 Å². The Balaban J connectivity index is 1.75. The average Bonchev–Trinajstić information content (AvgIpc) is 3.11. The molecule has 2 heterocycles. The lowest BCUT2D eigenvalue weighted by atomic mass is 10.1. The van der Waals surface area contributed by atoms with Crippen LogP contribution >= 0.6 is 22.9 Å². The topological polar surface area (TPSA) is 70.8 Å². The van der Waals surface area contributed by atoms with Crippen LogP contribution in [-0.2, 0) is 0 Å². The summed E-state index contributed by atoms with van der Waals surface area (Å²) in [4.78, 5) is 25.1. The van der Waals surface area contributed by atoms with Gasteiger partial charge in [-0.1, -0.05) is 12.1 Å². The molecule has 31 heavy (non-hydrogen) atoms. The second-order valence-electron chi connectivity index (χ2n) is 6.27. The van der Waals surface area contributed by atoms with Crippen molar-refractivity contribution >= 4 is 34.3 Å². The monoisotopic (exact) mass is 462 g/mol. The molecule has 0 aliphatic rings. The third-order valence-corrected chi connectivity index (χ3v) is 5.38. The quantitative estimate of drug-likeness (QED) is 0.221. The number of rotatable bonds is 5. The highest BCUT2D eigenvalue weighted by molar-refractivity contribution is 7.15. The highest BCUT2D eigenvalue weighted by Crippen LogP contribution is 2.38. The molecule has 1 N–H and O–H groups in total. The molecule has 0 saturated carbocycles. The summed E-state index contributed by atoms with van der Waals surface area (Å²) in [5, 5.41) is 0.677. The number of hydrogen-bond acceptors (Lipinski definition) is 5. The predicted octanol–water partition coefficient (Wildman–Crippen LogP) is 6.08. The van der Waals surface area contributed by atoms with Crippen molar-refractivity contribution < 1.29 is 18.0 Å². The van der Waals surface area contributed by atoms with Gasteiger partial charge in [0.25, 0.3) is 0 Å². The molecule has 4 aromatic rings. The molecule has 0 amide bonds. The van der Waals surface area contributed by atoms with E-state index in [2.05, 4.69) is 20.4 Å². The number of nitroso groups, excluding NO2 is 1. The van der Waals surface area contributed by atoms with Gasteiger partial charge in [-0.05, 0) is 48.9 Å². The minimum Gasteiger partial charge on any atom is -0.241 e. The number of thiazole rings is 1. The van der Waals surface area contributed by atoms with Crippen LogP contribution in [0.3, 0.4) is 0 Å². The van der Waals surface area contributed by atoms with Crippen molar-refractivity contribution in [3.05, 3.63) is 81.3 Å². The maximum Gasteiger partial charge on any atom is 0.362 e. The molecule has 2 aromatic heterocycles. The van der Waals surface area contributed by atoms with Crippen molar-refractivity contribution in [3.63, 3.8) is 0 Å². The number of aromatic nitrogens is 3. The van der Waals surface area contributed by atoms with Crippen LogP contribution in [0.4, 0.5) is 24.5 Å². The zero-order chi connectivity index (χ0) is 22.1. The van der Waals surface area contributed by atoms with E-state index in [1.54, 1.807) is 13.0 Å². The van der Waals surface area contributed by atoms with E-state index in [1.165, 1.54) is 35.7 Å². The summed E-state index contributed by atoms with van der Waals surface area (Å²) >= 11 is 7.16. The summed E-state index contributed by atoms with van der Waals surface area (Å²) < 4.78 is 43.1. The minimum atomic E-state index is -1.09. The molecule has 0 aliphatic heterocycles. The standard InChI is InChI=1S/C20H12ClF3N5OS/c1-10-26-17(19(31-10)15-8-9-25-20(21)27-15)11-4-2-7-14(16(11)24)28-29(30)18-12(22)5-3-6-13(18)23/h2-9H,1H3,(H,28,30)/q+1. The highest BCUT2D eigenvalue weighted by atomic mass is 35.5. The zero-order valence-corrected chi connectivity index (χ0v) is 17.3. The number of halogens is 4. The van der Waals surface area contributed by atoms with Crippen LogP contribution in [0.2, 0.25) is 5.28 Å². The van der Waals surface area contributed by atoms with Crippen molar-refractivity contribution in [2.75, 3.05) is 5.43 Å². The lowest BCUT2D eigenvalue weighted by Gasteiger charge is -2.07. The molecule has 0 atom stereocenters. The smallest absolute Gasteiger partial charge is 0.241 e. The molecule has 4 rings (SSSR count). The van der Waals surface area contributed by atoms with Crippen LogP contribution in [0.5, 0.6) is 0 Å². The second-order valence-corrected chi connectivity index (χ2v) is 7.81. The zero-order valence-electron chi connectivity index (χ0n) is 15.7. The summed E-state index contributed by atoms with van der Waals surface area (Å²) in [7, 11) is 0. The maximum atomic E-state index is 15.3. The summed E-state index contributed by atoms with van der Waals surface area (Å²) in [6.45, 7) is 1.75. The van der Waals surface area contributed by atoms with Gasteiger partial charge >= 0.3 is 5.69 Å². The van der Waals surface area contributed by atoms with Crippen LogP contribution in [0.1, 0.15) is 5.01 Å². The first kappa shape index (κ1) is 20.9. The van der Waals surface area contributed by atoms with Crippen molar-refractivity contribution in [3.8, 4) is 21.8 Å². The molecule has 0 aliphatic carbocycles. The van der Waals surface area contributed by atoms with Gasteiger partial charge in [0.05, 0.1) is 26.2 Å². The number of anilines is 1. The molecule has 11 heteroatoms. The SMILES string of the molecule is Cc1nc(-c2cccc(N[N+](=O)c3c(F)cccc3F)c2F)c(-c2ccnc(Cl)n2)s1. The van der Waals surface area contributed by atoms with E-state index in [0.717, 1.165) is 18.2 Å². The molecule has 0 bridgehead atoms. The fraction of sp³-hybridized carbons (Fsp3) is 0.0500. The summed E-state index contributed by atoms with van der Waals surface area (Å²) in [5.41, 5.74) is 1.79. The Morgan fingerprint density at radius 1 is 1.03 bits per heavy atom. The lowest BCUT2D eigenvalue weighted by Crippen LogP contribution is -2.14. The molecular formula is C20H12ClF3N5OS+. The Morgan fingerprint density at radius 3 is 2.45 bits per heavy atom. The van der Waals surface area contributed by atoms with Gasteiger partial charge in [-0.25, -0.2) is 19.3 Å². The first-order valence-electron chi connectivity index (χ1n) is 8.78. The van der Waals surface area contributed by atoms with Crippen LogP contribution < -0.4 is 5.43 Å². The predicted molar refractivity (Wildman–Crippen MR) is 112 cm³/mol. The van der Waals surface area contributed by atoms with E-state index in [1.807, 2.05) is 0 Å². The number of benzene rings is 2. The van der Waals surface area contributed by atoms with E-state index in [4.69, 9.17) is 11.6 Å². The Kier molecular flexibility index (Phi) is 5.66. The number of hydrazine groups is 1. The number of hydrogen-bond donors (Lipinski definition) is 1. The number of para-hydroxylation sites is 1. The van der Waals surface area contributed by atoms with Gasteiger partial charge in [0.15, 0.2) is 10.7 Å². The Hall–Kier alpha value is -3.37. The van der Waals surface area contributed by atoms with Crippen LogP contribution in [0.25, 0.3) is 21.8 Å². The van der Waals surface area contributed by atoms with Crippen molar-refractivity contribution in [2.45, 2.75) is 6.92 Å². The Labute approximate surface area is 182 Å². The fourth-order valence-corrected chi connectivity index (χ4v) is 3.94. The van der Waals surface area contributed by atoms with Crippen molar-refractivity contribution in [1.82, 2.24) is 15.0 Å². The minimum absolute atomic E-state index is 0.0271. The third-order valence-electron chi connectivity index (χ3n) is 4.21. The van der Waals surface area contributed by atoms with Gasteiger partial charge < -0.3 is 0 Å². The third kappa shape index (κ3) is 4.12. The van der Waals surface area contributed by atoms with E-state index in [0.29, 0.717) is 15.6 Å². The first-order valence-corrected chi connectivity index (χ1v) is 9.97.